The lowest BCUT2D eigenvalue weighted by molar-refractivity contribution is -0.118. The predicted molar refractivity (Wildman–Crippen MR) is 104 cm³/mol. The summed E-state index contributed by atoms with van der Waals surface area (Å²) in [5, 5.41) is 0. The van der Waals surface area contributed by atoms with Crippen molar-refractivity contribution in [3.63, 3.8) is 0 Å². The summed E-state index contributed by atoms with van der Waals surface area (Å²) in [5.74, 6) is -1.82. The molecule has 0 aliphatic carbocycles. The zero-order valence-corrected chi connectivity index (χ0v) is 16.5. The number of rotatable bonds is 6. The molecule has 28 heavy (non-hydrogen) atoms. The van der Waals surface area contributed by atoms with Crippen LogP contribution in [-0.4, -0.2) is 20.9 Å². The van der Waals surface area contributed by atoms with Gasteiger partial charge in [0.2, 0.25) is 5.91 Å². The summed E-state index contributed by atoms with van der Waals surface area (Å²) < 4.78 is 53.8. The summed E-state index contributed by atoms with van der Waals surface area (Å²) in [4.78, 5) is 13.7. The number of amides is 1. The first-order valence-electron chi connectivity index (χ1n) is 9.08. The number of sulfonamides is 1. The van der Waals surface area contributed by atoms with Crippen LogP contribution in [0.5, 0.6) is 0 Å². The summed E-state index contributed by atoms with van der Waals surface area (Å²) in [6.07, 6.45) is 1.76. The highest BCUT2D eigenvalue weighted by molar-refractivity contribution is 7.92. The molecule has 0 atom stereocenters. The van der Waals surface area contributed by atoms with Crippen molar-refractivity contribution in [2.75, 3.05) is 16.2 Å². The fourth-order valence-electron chi connectivity index (χ4n) is 3.11. The number of fused-ring (bicyclic) bond motifs is 1. The van der Waals surface area contributed by atoms with Crippen molar-refractivity contribution in [1.82, 2.24) is 0 Å². The molecule has 0 unspecified atom stereocenters. The molecule has 8 heteroatoms. The average molecular weight is 408 g/mol. The lowest BCUT2D eigenvalue weighted by atomic mass is 9.99. The molecule has 0 saturated heterocycles. The molecule has 1 aliphatic heterocycles. The Labute approximate surface area is 163 Å². The van der Waals surface area contributed by atoms with E-state index >= 15 is 0 Å². The van der Waals surface area contributed by atoms with Gasteiger partial charge in [0.15, 0.2) is 11.6 Å². The Hall–Kier alpha value is -2.48. The van der Waals surface area contributed by atoms with E-state index in [0.717, 1.165) is 29.8 Å². The van der Waals surface area contributed by atoms with E-state index in [9.17, 15) is 22.0 Å². The van der Waals surface area contributed by atoms with E-state index < -0.39 is 21.7 Å². The van der Waals surface area contributed by atoms with Gasteiger partial charge in [-0.05, 0) is 60.7 Å². The second-order valence-corrected chi connectivity index (χ2v) is 8.94. The Kier molecular flexibility index (Phi) is 5.69. The van der Waals surface area contributed by atoms with Crippen molar-refractivity contribution in [2.45, 2.75) is 38.0 Å². The van der Waals surface area contributed by atoms with E-state index in [0.29, 0.717) is 37.1 Å². The number of carbonyl (C=O) groups is 1. The van der Waals surface area contributed by atoms with Crippen LogP contribution in [0.15, 0.2) is 41.3 Å². The summed E-state index contributed by atoms with van der Waals surface area (Å²) >= 11 is 0. The highest BCUT2D eigenvalue weighted by atomic mass is 32.2. The molecule has 0 bridgehead atoms. The lowest BCUT2D eigenvalue weighted by Crippen LogP contribution is -2.36. The Morgan fingerprint density at radius 2 is 1.82 bits per heavy atom. The number of hydrogen-bond acceptors (Lipinski definition) is 3. The van der Waals surface area contributed by atoms with Crippen molar-refractivity contribution < 1.29 is 22.0 Å². The molecule has 5 nitrogen and oxygen atoms in total. The largest absolute Gasteiger partial charge is 0.312 e. The van der Waals surface area contributed by atoms with Gasteiger partial charge in [0.1, 0.15) is 0 Å². The number of nitrogens with one attached hydrogen (secondary N) is 1. The molecule has 1 amide bonds. The van der Waals surface area contributed by atoms with E-state index in [1.54, 1.807) is 23.1 Å². The number of aryl methyl sites for hydroxylation is 1. The molecule has 2 aromatic rings. The highest BCUT2D eigenvalue weighted by Crippen LogP contribution is 2.31. The fourth-order valence-corrected chi connectivity index (χ4v) is 4.17. The molecule has 1 N–H and O–H groups in total. The zero-order chi connectivity index (χ0) is 20.5. The Morgan fingerprint density at radius 1 is 1.07 bits per heavy atom. The second kappa shape index (κ2) is 7.87. The molecule has 0 fully saturated rings. The normalized spacial score (nSPS) is 14.3. The lowest BCUT2D eigenvalue weighted by Gasteiger charge is -2.30. The van der Waals surface area contributed by atoms with Gasteiger partial charge in [-0.3, -0.25) is 9.52 Å². The van der Waals surface area contributed by atoms with Gasteiger partial charge in [-0.1, -0.05) is 13.8 Å². The van der Waals surface area contributed by atoms with Crippen LogP contribution in [0.3, 0.4) is 0 Å². The maximum absolute atomic E-state index is 13.4. The van der Waals surface area contributed by atoms with Gasteiger partial charge < -0.3 is 4.90 Å². The van der Waals surface area contributed by atoms with Crippen molar-refractivity contribution in [3.05, 3.63) is 53.6 Å². The third-order valence-electron chi connectivity index (χ3n) is 4.66. The van der Waals surface area contributed by atoms with Crippen molar-refractivity contribution in [1.29, 1.82) is 0 Å². The summed E-state index contributed by atoms with van der Waals surface area (Å²) in [5.41, 5.74) is 1.96. The molecule has 3 rings (SSSR count). The number of benzene rings is 2. The Morgan fingerprint density at radius 3 is 2.50 bits per heavy atom. The molecule has 0 aromatic heterocycles. The predicted octanol–water partition coefficient (Wildman–Crippen LogP) is 4.09. The molecule has 0 spiro atoms. The van der Waals surface area contributed by atoms with Gasteiger partial charge in [0.25, 0.3) is 10.0 Å². The van der Waals surface area contributed by atoms with Crippen LogP contribution in [-0.2, 0) is 21.2 Å². The molecule has 0 saturated carbocycles. The summed E-state index contributed by atoms with van der Waals surface area (Å²) in [6.45, 7) is 4.79. The van der Waals surface area contributed by atoms with E-state index in [-0.39, 0.29) is 10.8 Å². The van der Waals surface area contributed by atoms with Crippen molar-refractivity contribution in [2.24, 2.45) is 5.92 Å². The van der Waals surface area contributed by atoms with Crippen LogP contribution in [0.2, 0.25) is 0 Å². The minimum Gasteiger partial charge on any atom is -0.312 e. The molecule has 150 valence electrons. The minimum atomic E-state index is -4.06. The SMILES string of the molecule is CC(C)CCN1C(=O)CCc2cc(NS(=O)(=O)c3ccc(F)c(F)c3)ccc21. The van der Waals surface area contributed by atoms with Gasteiger partial charge in [0.05, 0.1) is 4.90 Å². The maximum Gasteiger partial charge on any atom is 0.261 e. The zero-order valence-electron chi connectivity index (χ0n) is 15.7. The number of anilines is 2. The van der Waals surface area contributed by atoms with Crippen LogP contribution in [0.1, 0.15) is 32.3 Å². The van der Waals surface area contributed by atoms with Gasteiger partial charge >= 0.3 is 0 Å². The van der Waals surface area contributed by atoms with Crippen LogP contribution in [0.25, 0.3) is 0 Å². The number of carbonyl (C=O) groups excluding carboxylic acids is 1. The van der Waals surface area contributed by atoms with Crippen LogP contribution in [0.4, 0.5) is 20.2 Å². The van der Waals surface area contributed by atoms with E-state index in [1.165, 1.54) is 0 Å². The van der Waals surface area contributed by atoms with Crippen molar-refractivity contribution >= 4 is 27.3 Å². The van der Waals surface area contributed by atoms with Gasteiger partial charge in [-0.15, -0.1) is 0 Å². The molecule has 1 aliphatic rings. The van der Waals surface area contributed by atoms with E-state index in [1.807, 2.05) is 0 Å². The van der Waals surface area contributed by atoms with Gasteiger partial charge in [-0.2, -0.15) is 0 Å². The standard InChI is InChI=1S/C20H22F2N2O3S/c1-13(2)9-10-24-19-7-4-15(11-14(19)3-8-20(24)25)23-28(26,27)16-5-6-17(21)18(22)12-16/h4-7,11-13,23H,3,8-10H2,1-2H3. The third-order valence-corrected chi connectivity index (χ3v) is 6.04. The highest BCUT2D eigenvalue weighted by Gasteiger charge is 2.25. The molecule has 2 aromatic carbocycles. The van der Waals surface area contributed by atoms with Gasteiger partial charge in [-0.25, -0.2) is 17.2 Å². The Balaban J connectivity index is 1.85. The van der Waals surface area contributed by atoms with Crippen molar-refractivity contribution in [3.8, 4) is 0 Å². The quantitative estimate of drug-likeness (QED) is 0.783. The van der Waals surface area contributed by atoms with Crippen LogP contribution in [0, 0.1) is 17.6 Å². The number of nitrogens with zero attached hydrogens (tertiary/aromatic N) is 1. The van der Waals surface area contributed by atoms with Crippen LogP contribution >= 0.6 is 0 Å². The second-order valence-electron chi connectivity index (χ2n) is 7.25. The number of hydrogen-bond donors (Lipinski definition) is 1. The van der Waals surface area contributed by atoms with Gasteiger partial charge in [0, 0.05) is 24.3 Å². The fraction of sp³-hybridized carbons (Fsp3) is 0.350. The maximum atomic E-state index is 13.4. The monoisotopic (exact) mass is 408 g/mol. The third kappa shape index (κ3) is 4.32. The summed E-state index contributed by atoms with van der Waals surface area (Å²) in [6, 6.07) is 7.39. The first-order chi connectivity index (χ1) is 13.2. The minimum absolute atomic E-state index is 0.0586. The average Bonchev–Trinajstić information content (AvgIpc) is 2.62. The van der Waals surface area contributed by atoms with E-state index in [4.69, 9.17) is 0 Å². The number of halogens is 2. The molecule has 0 radical (unpaired) electrons. The summed E-state index contributed by atoms with van der Waals surface area (Å²) in [7, 11) is -4.06. The first kappa shape index (κ1) is 20.3. The first-order valence-corrected chi connectivity index (χ1v) is 10.6. The smallest absolute Gasteiger partial charge is 0.261 e. The van der Waals surface area contributed by atoms with Crippen LogP contribution < -0.4 is 9.62 Å². The van der Waals surface area contributed by atoms with E-state index in [2.05, 4.69) is 18.6 Å². The molecular formula is C20H22F2N2O3S. The molecular weight excluding hydrogens is 386 g/mol. The Bertz CT molecular complexity index is 1010. The topological polar surface area (TPSA) is 66.5 Å². The molecule has 1 heterocycles.